The molecule has 0 bridgehead atoms. The second kappa shape index (κ2) is 14.3. The Labute approximate surface area is 296 Å². The number of carbonyl (C=O) groups is 3. The Morgan fingerprint density at radius 3 is 2.18 bits per heavy atom. The van der Waals surface area contributed by atoms with E-state index in [-0.39, 0.29) is 44.8 Å². The van der Waals surface area contributed by atoms with Gasteiger partial charge >= 0.3 is 18.0 Å². The molecule has 0 saturated carbocycles. The summed E-state index contributed by atoms with van der Waals surface area (Å²) in [4.78, 5) is 42.9. The molecule has 2 atom stereocenters. The number of nitrogens with one attached hydrogen (secondary N) is 1. The minimum Gasteiger partial charge on any atom is -0.444 e. The Hall–Kier alpha value is -4.96. The summed E-state index contributed by atoms with van der Waals surface area (Å²) in [5.74, 6) is -2.49. The zero-order chi connectivity index (χ0) is 37.3. The molecule has 0 spiro atoms. The van der Waals surface area contributed by atoms with Gasteiger partial charge in [-0.2, -0.15) is 5.10 Å². The molecule has 3 heterocycles. The average molecular weight is 713 g/mol. The van der Waals surface area contributed by atoms with Crippen molar-refractivity contribution in [3.8, 4) is 0 Å². The Bertz CT molecular complexity index is 1680. The molecule has 51 heavy (non-hydrogen) atoms. The first-order valence-electron chi connectivity index (χ1n) is 16.6. The standard InChI is InChI=1S/C35H46F2N8O6/c1-24(35(49,28-13-8-25(36)18-29(28)37)19-42-21-40(20-38-42)22-50-30(46)33(2,3)4)43-15-16-44(32(43)48)26-9-11-27(12-10-26)45-17-14-41(39-45)23-51-31(47)34(5,6)7/h8-14,17-18,20,24,39,49H,15-16,19,21-23H2,1-7H3/t24-,35-/m1/s1. The molecule has 0 aliphatic carbocycles. The summed E-state index contributed by atoms with van der Waals surface area (Å²) in [6, 6.07) is 8.75. The molecule has 5 rings (SSSR count). The number of ether oxygens (including phenoxy) is 2. The number of hydrogen-bond donors (Lipinski definition) is 2. The zero-order valence-corrected chi connectivity index (χ0v) is 30.0. The van der Waals surface area contributed by atoms with Crippen molar-refractivity contribution in [2.45, 2.75) is 60.1 Å². The number of urea groups is 1. The molecule has 1 saturated heterocycles. The number of β-amino-alcohol motifs (C(OH)–C–C–N with tert-alkyl or cyclic N) is 1. The maximum atomic E-state index is 15.3. The van der Waals surface area contributed by atoms with Gasteiger partial charge in [-0.3, -0.25) is 29.5 Å². The fourth-order valence-electron chi connectivity index (χ4n) is 5.63. The number of carbonyl (C=O) groups excluding carboxylic acids is 3. The van der Waals surface area contributed by atoms with Crippen LogP contribution in [0.25, 0.3) is 0 Å². The first kappa shape index (κ1) is 37.3. The molecular weight excluding hydrogens is 666 g/mol. The highest BCUT2D eigenvalue weighted by atomic mass is 19.1. The SMILES string of the molecule is C[C@@H](N1CCN(c2ccc(N3C=CN(COC(=O)C(C)(C)C)N3)cc2)C1=O)[C@](O)(CN1CN(COC(=O)C(C)(C)C)C=N1)c1ccc(F)cc1F. The molecule has 1 fully saturated rings. The number of hydrazine groups is 2. The van der Waals surface area contributed by atoms with Crippen LogP contribution in [-0.4, -0.2) is 95.0 Å². The lowest BCUT2D eigenvalue weighted by Crippen LogP contribution is -2.55. The van der Waals surface area contributed by atoms with Gasteiger partial charge in [-0.1, -0.05) is 6.07 Å². The first-order valence-corrected chi connectivity index (χ1v) is 16.6. The number of halogens is 2. The van der Waals surface area contributed by atoms with Crippen molar-refractivity contribution in [1.29, 1.82) is 0 Å². The summed E-state index contributed by atoms with van der Waals surface area (Å²) in [7, 11) is 0. The molecule has 2 aromatic carbocycles. The van der Waals surface area contributed by atoms with Crippen LogP contribution in [0.15, 0.2) is 60.0 Å². The maximum absolute atomic E-state index is 15.3. The van der Waals surface area contributed by atoms with Crippen LogP contribution in [-0.2, 0) is 24.7 Å². The van der Waals surface area contributed by atoms with Crippen molar-refractivity contribution < 1.29 is 37.7 Å². The number of hydrazone groups is 1. The third-order valence-electron chi connectivity index (χ3n) is 8.74. The van der Waals surface area contributed by atoms with E-state index in [2.05, 4.69) is 10.6 Å². The monoisotopic (exact) mass is 712 g/mol. The molecule has 3 aliphatic rings. The molecule has 276 valence electrons. The minimum atomic E-state index is -2.02. The topological polar surface area (TPSA) is 134 Å². The van der Waals surface area contributed by atoms with Crippen LogP contribution >= 0.6 is 0 Å². The van der Waals surface area contributed by atoms with Gasteiger partial charge in [-0.25, -0.2) is 13.6 Å². The van der Waals surface area contributed by atoms with Crippen molar-refractivity contribution in [1.82, 2.24) is 25.4 Å². The van der Waals surface area contributed by atoms with Gasteiger partial charge in [0.15, 0.2) is 13.5 Å². The Balaban J connectivity index is 1.25. The van der Waals surface area contributed by atoms with E-state index >= 15 is 4.39 Å². The Morgan fingerprint density at radius 1 is 0.922 bits per heavy atom. The molecule has 0 aromatic heterocycles. The van der Waals surface area contributed by atoms with E-state index in [1.54, 1.807) is 92.8 Å². The smallest absolute Gasteiger partial charge is 0.324 e. The normalized spacial score (nSPS) is 18.2. The molecule has 0 unspecified atom stereocenters. The largest absolute Gasteiger partial charge is 0.444 e. The van der Waals surface area contributed by atoms with E-state index in [9.17, 15) is 23.9 Å². The lowest BCUT2D eigenvalue weighted by atomic mass is 9.85. The van der Waals surface area contributed by atoms with Crippen molar-refractivity contribution >= 4 is 35.7 Å². The van der Waals surface area contributed by atoms with E-state index in [0.29, 0.717) is 18.3 Å². The average Bonchev–Trinajstić information content (AvgIpc) is 3.81. The Morgan fingerprint density at radius 2 is 1.55 bits per heavy atom. The minimum absolute atomic E-state index is 0.0148. The summed E-state index contributed by atoms with van der Waals surface area (Å²) in [6.45, 7) is 12.5. The van der Waals surface area contributed by atoms with Gasteiger partial charge in [-0.15, -0.1) is 5.53 Å². The summed E-state index contributed by atoms with van der Waals surface area (Å²) < 4.78 is 40.0. The van der Waals surface area contributed by atoms with Gasteiger partial charge in [0, 0.05) is 42.8 Å². The number of nitrogens with zero attached hydrogens (tertiary/aromatic N) is 7. The third-order valence-corrected chi connectivity index (χ3v) is 8.74. The number of anilines is 2. The van der Waals surface area contributed by atoms with Gasteiger partial charge in [0.2, 0.25) is 0 Å². The van der Waals surface area contributed by atoms with Gasteiger partial charge in [-0.05, 0) is 78.8 Å². The molecular formula is C35H46F2N8O6. The highest BCUT2D eigenvalue weighted by Gasteiger charge is 2.47. The lowest BCUT2D eigenvalue weighted by Gasteiger charge is -2.41. The lowest BCUT2D eigenvalue weighted by molar-refractivity contribution is -0.158. The van der Waals surface area contributed by atoms with Crippen molar-refractivity contribution in [3.05, 3.63) is 72.1 Å². The predicted octanol–water partition coefficient (Wildman–Crippen LogP) is 4.11. The molecule has 2 aromatic rings. The second-order valence-electron chi connectivity index (χ2n) is 14.9. The summed E-state index contributed by atoms with van der Waals surface area (Å²) >= 11 is 0. The quantitative estimate of drug-likeness (QED) is 0.326. The van der Waals surface area contributed by atoms with Crippen molar-refractivity contribution in [2.75, 3.05) is 49.7 Å². The molecule has 14 nitrogen and oxygen atoms in total. The number of benzene rings is 2. The van der Waals surface area contributed by atoms with E-state index in [4.69, 9.17) is 9.47 Å². The maximum Gasteiger partial charge on any atom is 0.324 e. The Kier molecular flexibility index (Phi) is 10.5. The van der Waals surface area contributed by atoms with E-state index < -0.39 is 46.1 Å². The van der Waals surface area contributed by atoms with Gasteiger partial charge < -0.3 is 24.4 Å². The van der Waals surface area contributed by atoms with Crippen LogP contribution in [0.2, 0.25) is 0 Å². The zero-order valence-electron chi connectivity index (χ0n) is 30.0. The van der Waals surface area contributed by atoms with Crippen molar-refractivity contribution in [3.63, 3.8) is 0 Å². The third kappa shape index (κ3) is 8.34. The number of hydrogen-bond acceptors (Lipinski definition) is 12. The second-order valence-corrected chi connectivity index (χ2v) is 14.9. The predicted molar refractivity (Wildman–Crippen MR) is 185 cm³/mol. The molecule has 3 aliphatic heterocycles. The van der Waals surface area contributed by atoms with Crippen LogP contribution in [0.3, 0.4) is 0 Å². The van der Waals surface area contributed by atoms with Crippen LogP contribution in [0.1, 0.15) is 54.0 Å². The fraction of sp³-hybridized carbons (Fsp3) is 0.486. The van der Waals surface area contributed by atoms with E-state index in [1.807, 2.05) is 12.1 Å². The summed E-state index contributed by atoms with van der Waals surface area (Å²) in [6.07, 6.45) is 4.94. The first-order chi connectivity index (χ1) is 23.9. The van der Waals surface area contributed by atoms with Gasteiger partial charge in [0.25, 0.3) is 0 Å². The van der Waals surface area contributed by atoms with Crippen LogP contribution in [0.5, 0.6) is 0 Å². The number of rotatable bonds is 11. The fourth-order valence-corrected chi connectivity index (χ4v) is 5.63. The summed E-state index contributed by atoms with van der Waals surface area (Å²) in [5.41, 5.74) is 0.932. The number of esters is 2. The molecule has 16 heteroatoms. The van der Waals surface area contributed by atoms with E-state index in [1.165, 1.54) is 22.3 Å². The van der Waals surface area contributed by atoms with Crippen molar-refractivity contribution in [2.24, 2.45) is 15.9 Å². The highest BCUT2D eigenvalue weighted by molar-refractivity contribution is 5.94. The highest BCUT2D eigenvalue weighted by Crippen LogP contribution is 2.35. The number of amides is 2. The molecule has 2 amide bonds. The molecule has 0 radical (unpaired) electrons. The van der Waals surface area contributed by atoms with E-state index in [0.717, 1.165) is 11.8 Å². The number of aliphatic hydroxyl groups is 1. The van der Waals surface area contributed by atoms with Gasteiger partial charge in [0.1, 0.15) is 30.2 Å². The summed E-state index contributed by atoms with van der Waals surface area (Å²) in [5, 5.41) is 21.4. The van der Waals surface area contributed by atoms with Crippen LogP contribution in [0.4, 0.5) is 25.0 Å². The van der Waals surface area contributed by atoms with Gasteiger partial charge in [0.05, 0.1) is 29.1 Å². The van der Waals surface area contributed by atoms with Crippen LogP contribution < -0.4 is 15.4 Å². The molecule has 2 N–H and O–H groups in total. The van der Waals surface area contributed by atoms with Crippen LogP contribution in [0, 0.1) is 22.5 Å².